The summed E-state index contributed by atoms with van der Waals surface area (Å²) < 4.78 is 43.8. The van der Waals surface area contributed by atoms with E-state index in [0.29, 0.717) is 18.0 Å². The number of alkyl halides is 3. The van der Waals surface area contributed by atoms with Crippen molar-refractivity contribution in [1.82, 2.24) is 0 Å². The van der Waals surface area contributed by atoms with Gasteiger partial charge in [0.1, 0.15) is 11.5 Å². The first-order valence-corrected chi connectivity index (χ1v) is 7.84. The molecule has 1 aromatic heterocycles. The molecule has 0 aliphatic rings. The van der Waals surface area contributed by atoms with Gasteiger partial charge in [-0.25, -0.2) is 0 Å². The van der Waals surface area contributed by atoms with E-state index in [0.717, 1.165) is 17.6 Å². The van der Waals surface area contributed by atoms with E-state index in [1.165, 1.54) is 12.1 Å². The molecule has 1 N–H and O–H groups in total. The fraction of sp³-hybridized carbons (Fsp3) is 0.286. The minimum atomic E-state index is -4.47. The number of thioether (sulfide) groups is 1. The number of furan rings is 1. The second-order valence-corrected chi connectivity index (χ2v) is 5.62. The van der Waals surface area contributed by atoms with Crippen LogP contribution in [0.5, 0.6) is 0 Å². The average molecular weight is 336 g/mol. The lowest BCUT2D eigenvalue weighted by molar-refractivity contribution is -0.137. The Bertz CT molecular complexity index is 613. The van der Waals surface area contributed by atoms with Crippen LogP contribution in [0.3, 0.4) is 0 Å². The van der Waals surface area contributed by atoms with Crippen molar-refractivity contribution in [2.45, 2.75) is 18.5 Å². The van der Waals surface area contributed by atoms with Crippen LogP contribution in [0.15, 0.2) is 34.7 Å². The summed E-state index contributed by atoms with van der Waals surface area (Å²) in [6, 6.07) is 7.39. The summed E-state index contributed by atoms with van der Waals surface area (Å²) in [7, 11) is 0. The summed E-state index contributed by atoms with van der Waals surface area (Å²) >= 11 is 7.20. The lowest BCUT2D eigenvalue weighted by Gasteiger charge is -2.11. The van der Waals surface area contributed by atoms with Crippen molar-refractivity contribution in [3.63, 3.8) is 0 Å². The molecule has 0 fully saturated rings. The molecular formula is C14H13ClF3NOS. The quantitative estimate of drug-likeness (QED) is 0.789. The number of rotatable bonds is 5. The maximum absolute atomic E-state index is 12.7. The number of hydrogen-bond acceptors (Lipinski definition) is 3. The first kappa shape index (κ1) is 16.1. The van der Waals surface area contributed by atoms with Gasteiger partial charge in [-0.15, -0.1) is 0 Å². The molecule has 0 spiro atoms. The normalized spacial score (nSPS) is 11.7. The van der Waals surface area contributed by atoms with E-state index in [4.69, 9.17) is 16.0 Å². The van der Waals surface area contributed by atoms with Gasteiger partial charge in [0.05, 0.1) is 22.9 Å². The summed E-state index contributed by atoms with van der Waals surface area (Å²) in [6.07, 6.45) is -2.50. The number of halogens is 4. The Morgan fingerprint density at radius 1 is 1.19 bits per heavy atom. The molecule has 0 radical (unpaired) electrons. The van der Waals surface area contributed by atoms with E-state index in [2.05, 4.69) is 5.32 Å². The third kappa shape index (κ3) is 4.35. The molecule has 0 bridgehead atoms. The van der Waals surface area contributed by atoms with E-state index in [-0.39, 0.29) is 5.02 Å². The number of hydrogen-bond donors (Lipinski definition) is 1. The zero-order chi connectivity index (χ0) is 15.5. The predicted molar refractivity (Wildman–Crippen MR) is 79.7 cm³/mol. The molecule has 0 amide bonds. The van der Waals surface area contributed by atoms with Crippen molar-refractivity contribution in [3.05, 3.63) is 52.4 Å². The van der Waals surface area contributed by atoms with Gasteiger partial charge in [-0.2, -0.15) is 24.9 Å². The number of anilines is 1. The minimum absolute atomic E-state index is 0.312. The Kier molecular flexibility index (Phi) is 5.11. The van der Waals surface area contributed by atoms with Crippen molar-refractivity contribution in [3.8, 4) is 0 Å². The van der Waals surface area contributed by atoms with Crippen LogP contribution in [0.4, 0.5) is 18.9 Å². The molecule has 2 nitrogen and oxygen atoms in total. The van der Waals surface area contributed by atoms with Gasteiger partial charge in [0.15, 0.2) is 0 Å². The Hall–Kier alpha value is -1.27. The predicted octanol–water partition coefficient (Wildman–Crippen LogP) is 5.43. The van der Waals surface area contributed by atoms with Crippen molar-refractivity contribution in [2.24, 2.45) is 0 Å². The van der Waals surface area contributed by atoms with Crippen LogP contribution in [0.2, 0.25) is 5.02 Å². The zero-order valence-corrected chi connectivity index (χ0v) is 12.7. The second-order valence-electron chi connectivity index (χ2n) is 4.35. The molecule has 0 aliphatic carbocycles. The molecule has 2 aromatic rings. The van der Waals surface area contributed by atoms with Crippen LogP contribution < -0.4 is 5.32 Å². The summed E-state index contributed by atoms with van der Waals surface area (Å²) in [6.45, 7) is 0.313. The highest BCUT2D eigenvalue weighted by Crippen LogP contribution is 2.36. The first-order chi connectivity index (χ1) is 9.90. The Morgan fingerprint density at radius 3 is 2.57 bits per heavy atom. The summed E-state index contributed by atoms with van der Waals surface area (Å²) in [5, 5.41) is 2.59. The lowest BCUT2D eigenvalue weighted by atomic mass is 10.2. The van der Waals surface area contributed by atoms with Crippen LogP contribution in [-0.2, 0) is 18.5 Å². The maximum atomic E-state index is 12.7. The molecule has 1 heterocycles. The monoisotopic (exact) mass is 335 g/mol. The molecule has 21 heavy (non-hydrogen) atoms. The highest BCUT2D eigenvalue weighted by atomic mass is 35.5. The average Bonchev–Trinajstić information content (AvgIpc) is 2.85. The topological polar surface area (TPSA) is 25.2 Å². The van der Waals surface area contributed by atoms with Gasteiger partial charge in [-0.1, -0.05) is 11.6 Å². The molecule has 7 heteroatoms. The third-order valence-electron chi connectivity index (χ3n) is 2.74. The maximum Gasteiger partial charge on any atom is 0.417 e. The molecular weight excluding hydrogens is 323 g/mol. The SMILES string of the molecule is CSCc1ccc(CNc2ccc(Cl)c(C(F)(F)F)c2)o1. The van der Waals surface area contributed by atoms with Gasteiger partial charge in [0.25, 0.3) is 0 Å². The van der Waals surface area contributed by atoms with E-state index in [1.807, 2.05) is 12.3 Å². The van der Waals surface area contributed by atoms with Gasteiger partial charge in [-0.3, -0.25) is 0 Å². The highest BCUT2D eigenvalue weighted by Gasteiger charge is 2.33. The Morgan fingerprint density at radius 2 is 1.90 bits per heavy atom. The molecule has 2 rings (SSSR count). The van der Waals surface area contributed by atoms with E-state index in [9.17, 15) is 13.2 Å². The zero-order valence-electron chi connectivity index (χ0n) is 11.1. The van der Waals surface area contributed by atoms with Crippen LogP contribution in [0, 0.1) is 0 Å². The molecule has 0 saturated heterocycles. The van der Waals surface area contributed by atoms with Crippen LogP contribution in [0.25, 0.3) is 0 Å². The van der Waals surface area contributed by atoms with Crippen LogP contribution in [0.1, 0.15) is 17.1 Å². The van der Waals surface area contributed by atoms with Crippen LogP contribution >= 0.6 is 23.4 Å². The Labute approximate surface area is 129 Å². The van der Waals surface area contributed by atoms with Gasteiger partial charge in [0.2, 0.25) is 0 Å². The lowest BCUT2D eigenvalue weighted by Crippen LogP contribution is -2.07. The molecule has 0 saturated carbocycles. The molecule has 0 atom stereocenters. The van der Waals surface area contributed by atoms with E-state index in [1.54, 1.807) is 17.8 Å². The second kappa shape index (κ2) is 6.66. The molecule has 114 valence electrons. The van der Waals surface area contributed by atoms with Crippen molar-refractivity contribution in [2.75, 3.05) is 11.6 Å². The smallest absolute Gasteiger partial charge is 0.417 e. The van der Waals surface area contributed by atoms with Crippen molar-refractivity contribution in [1.29, 1.82) is 0 Å². The number of nitrogens with one attached hydrogen (secondary N) is 1. The third-order valence-corrected chi connectivity index (χ3v) is 3.65. The van der Waals surface area contributed by atoms with Gasteiger partial charge in [-0.05, 0) is 36.6 Å². The van der Waals surface area contributed by atoms with Gasteiger partial charge < -0.3 is 9.73 Å². The standard InChI is InChI=1S/C14H13ClF3NOS/c1-21-8-11-4-3-10(20-11)7-19-9-2-5-13(15)12(6-9)14(16,17)18/h2-6,19H,7-8H2,1H3. The van der Waals surface area contributed by atoms with Crippen molar-refractivity contribution >= 4 is 29.1 Å². The largest absolute Gasteiger partial charge is 0.463 e. The minimum Gasteiger partial charge on any atom is -0.463 e. The van der Waals surface area contributed by atoms with Crippen molar-refractivity contribution < 1.29 is 17.6 Å². The summed E-state index contributed by atoms with van der Waals surface area (Å²) in [5.74, 6) is 2.27. The fourth-order valence-electron chi connectivity index (χ4n) is 1.78. The first-order valence-electron chi connectivity index (χ1n) is 6.07. The highest BCUT2D eigenvalue weighted by molar-refractivity contribution is 7.97. The van der Waals surface area contributed by atoms with E-state index < -0.39 is 11.7 Å². The Balaban J connectivity index is 2.06. The van der Waals surface area contributed by atoms with Crippen LogP contribution in [-0.4, -0.2) is 6.26 Å². The molecule has 1 aromatic carbocycles. The van der Waals surface area contributed by atoms with Gasteiger partial charge in [0, 0.05) is 5.69 Å². The van der Waals surface area contributed by atoms with E-state index >= 15 is 0 Å². The molecule has 0 unspecified atom stereocenters. The fourth-order valence-corrected chi connectivity index (χ4v) is 2.44. The summed E-state index contributed by atoms with van der Waals surface area (Å²) in [4.78, 5) is 0. The molecule has 0 aliphatic heterocycles. The summed E-state index contributed by atoms with van der Waals surface area (Å²) in [5.41, 5.74) is -0.508. The number of benzene rings is 1. The van der Waals surface area contributed by atoms with Gasteiger partial charge >= 0.3 is 6.18 Å².